The van der Waals surface area contributed by atoms with E-state index in [0.717, 1.165) is 0 Å². The Morgan fingerprint density at radius 3 is 2.29 bits per heavy atom. The van der Waals surface area contributed by atoms with Crippen molar-refractivity contribution in [3.8, 4) is 0 Å². The van der Waals surface area contributed by atoms with Crippen molar-refractivity contribution in [3.05, 3.63) is 11.9 Å². The van der Waals surface area contributed by atoms with Gasteiger partial charge in [0.2, 0.25) is 0 Å². The summed E-state index contributed by atoms with van der Waals surface area (Å²) in [5.74, 6) is 1.09. The Hall–Kier alpha value is -2.38. The van der Waals surface area contributed by atoms with Gasteiger partial charge in [-0.25, -0.2) is 14.8 Å². The van der Waals surface area contributed by atoms with Gasteiger partial charge in [-0.05, 0) is 19.8 Å². The largest absolute Gasteiger partial charge is 0.465 e. The van der Waals surface area contributed by atoms with Gasteiger partial charge in [-0.2, -0.15) is 0 Å². The lowest BCUT2D eigenvalue weighted by Crippen LogP contribution is -2.24. The van der Waals surface area contributed by atoms with E-state index in [2.05, 4.69) is 15.3 Å². The summed E-state index contributed by atoms with van der Waals surface area (Å²) in [7, 11) is 1.35. The molecule has 136 valence electrons. The van der Waals surface area contributed by atoms with Crippen LogP contribution >= 0.6 is 0 Å². The van der Waals surface area contributed by atoms with Crippen LogP contribution in [-0.4, -0.2) is 40.0 Å². The molecule has 24 heavy (non-hydrogen) atoms. The van der Waals surface area contributed by atoms with Crippen molar-refractivity contribution in [3.63, 3.8) is 0 Å². The standard InChI is InChI=1S/C12H19N5.C2H5NO2.C2H6/c1-8(13)10-11(14)15-7-16-12(10)17-9-5-3-2-4-6-9;1-3-2(4)5;1-2/h7,9,13H,2-6H2,1H3,(H3,14,15,16,17);3H,1H3,(H,4,5);1-2H3. The van der Waals surface area contributed by atoms with Crippen molar-refractivity contribution in [2.75, 3.05) is 18.1 Å². The average Bonchev–Trinajstić information content (AvgIpc) is 2.58. The molecule has 6 N–H and O–H groups in total. The first-order valence-corrected chi connectivity index (χ1v) is 8.29. The molecule has 1 fully saturated rings. The van der Waals surface area contributed by atoms with Crippen LogP contribution in [0.5, 0.6) is 0 Å². The number of nitrogen functional groups attached to an aromatic ring is 1. The smallest absolute Gasteiger partial charge is 0.404 e. The molecule has 0 radical (unpaired) electrons. The third-order valence-corrected chi connectivity index (χ3v) is 3.41. The highest BCUT2D eigenvalue weighted by molar-refractivity contribution is 6.04. The highest BCUT2D eigenvalue weighted by Crippen LogP contribution is 2.24. The van der Waals surface area contributed by atoms with Gasteiger partial charge in [-0.1, -0.05) is 33.1 Å². The number of anilines is 2. The minimum absolute atomic E-state index is 0.380. The molecule has 1 heterocycles. The molecule has 1 aliphatic carbocycles. The second kappa shape index (κ2) is 12.1. The van der Waals surface area contributed by atoms with E-state index in [0.29, 0.717) is 29.0 Å². The molecular formula is C16H30N6O2. The molecule has 0 aliphatic heterocycles. The number of nitrogens with one attached hydrogen (secondary N) is 3. The summed E-state index contributed by atoms with van der Waals surface area (Å²) in [6.07, 6.45) is 6.63. The van der Waals surface area contributed by atoms with Crippen LogP contribution in [0.3, 0.4) is 0 Å². The fraction of sp³-hybridized carbons (Fsp3) is 0.625. The van der Waals surface area contributed by atoms with Gasteiger partial charge in [0.05, 0.1) is 5.56 Å². The van der Waals surface area contributed by atoms with E-state index in [1.807, 2.05) is 19.2 Å². The van der Waals surface area contributed by atoms with Crippen molar-refractivity contribution in [2.45, 2.75) is 58.9 Å². The van der Waals surface area contributed by atoms with Crippen molar-refractivity contribution in [1.29, 1.82) is 5.41 Å². The summed E-state index contributed by atoms with van der Waals surface area (Å²) in [6, 6.07) is 0.455. The van der Waals surface area contributed by atoms with Gasteiger partial charge in [-0.15, -0.1) is 0 Å². The van der Waals surface area contributed by atoms with Gasteiger partial charge in [-0.3, -0.25) is 0 Å². The van der Waals surface area contributed by atoms with Gasteiger partial charge in [0, 0.05) is 18.8 Å². The first kappa shape index (κ1) is 21.6. The van der Waals surface area contributed by atoms with Crippen LogP contribution in [0.1, 0.15) is 58.4 Å². The Bertz CT molecular complexity index is 515. The number of carbonyl (C=O) groups is 1. The van der Waals surface area contributed by atoms with Crippen LogP contribution < -0.4 is 16.4 Å². The van der Waals surface area contributed by atoms with Crippen LogP contribution in [0.25, 0.3) is 0 Å². The molecule has 1 aliphatic rings. The molecule has 0 bridgehead atoms. The predicted octanol–water partition coefficient (Wildman–Crippen LogP) is 3.10. The number of hydrogen-bond acceptors (Lipinski definition) is 6. The van der Waals surface area contributed by atoms with Crippen molar-refractivity contribution in [1.82, 2.24) is 15.3 Å². The number of amides is 1. The number of nitrogens with zero attached hydrogens (tertiary/aromatic N) is 2. The minimum atomic E-state index is -0.995. The summed E-state index contributed by atoms with van der Waals surface area (Å²) >= 11 is 0. The zero-order valence-corrected chi connectivity index (χ0v) is 15.0. The predicted molar refractivity (Wildman–Crippen MR) is 97.9 cm³/mol. The summed E-state index contributed by atoms with van der Waals surface area (Å²) < 4.78 is 0. The maximum atomic E-state index is 9.26. The van der Waals surface area contributed by atoms with Crippen LogP contribution in [0.4, 0.5) is 16.4 Å². The lowest BCUT2D eigenvalue weighted by Gasteiger charge is -2.24. The van der Waals surface area contributed by atoms with Crippen LogP contribution in [0, 0.1) is 5.41 Å². The van der Waals surface area contributed by atoms with Gasteiger partial charge in [0.1, 0.15) is 18.0 Å². The van der Waals surface area contributed by atoms with Gasteiger partial charge in [0.25, 0.3) is 0 Å². The summed E-state index contributed by atoms with van der Waals surface area (Å²) in [5, 5.41) is 20.7. The van der Waals surface area contributed by atoms with E-state index in [-0.39, 0.29) is 0 Å². The van der Waals surface area contributed by atoms with E-state index < -0.39 is 6.09 Å². The maximum Gasteiger partial charge on any atom is 0.404 e. The summed E-state index contributed by atoms with van der Waals surface area (Å²) in [5.41, 5.74) is 6.84. The Balaban J connectivity index is 0.000000650. The molecule has 8 nitrogen and oxygen atoms in total. The van der Waals surface area contributed by atoms with Crippen LogP contribution in [0.2, 0.25) is 0 Å². The highest BCUT2D eigenvalue weighted by Gasteiger charge is 2.17. The summed E-state index contributed by atoms with van der Waals surface area (Å²) in [6.45, 7) is 5.71. The maximum absolute atomic E-state index is 9.26. The first-order chi connectivity index (χ1) is 11.5. The molecule has 0 unspecified atom stereocenters. The number of aromatic nitrogens is 2. The molecule has 1 saturated carbocycles. The molecule has 0 atom stereocenters. The third-order valence-electron chi connectivity index (χ3n) is 3.41. The molecule has 0 saturated heterocycles. The number of rotatable bonds is 3. The van der Waals surface area contributed by atoms with Crippen LogP contribution in [0.15, 0.2) is 6.33 Å². The van der Waals surface area contributed by atoms with Gasteiger partial charge in [0.15, 0.2) is 0 Å². The zero-order valence-electron chi connectivity index (χ0n) is 15.0. The number of carboxylic acid groups (broad SMARTS) is 1. The fourth-order valence-corrected chi connectivity index (χ4v) is 2.32. The molecule has 1 aromatic rings. The number of hydrogen-bond donors (Lipinski definition) is 5. The third kappa shape index (κ3) is 7.75. The molecule has 1 amide bonds. The lowest BCUT2D eigenvalue weighted by atomic mass is 9.95. The van der Waals surface area contributed by atoms with E-state index in [1.165, 1.54) is 45.5 Å². The number of nitrogens with two attached hydrogens (primary N) is 1. The lowest BCUT2D eigenvalue weighted by molar-refractivity contribution is 0.197. The fourth-order valence-electron chi connectivity index (χ4n) is 2.32. The molecular weight excluding hydrogens is 308 g/mol. The monoisotopic (exact) mass is 338 g/mol. The first-order valence-electron chi connectivity index (χ1n) is 8.29. The Kier molecular flexibility index (Phi) is 10.9. The van der Waals surface area contributed by atoms with Crippen LogP contribution in [-0.2, 0) is 0 Å². The molecule has 0 spiro atoms. The zero-order chi connectivity index (χ0) is 18.5. The topological polar surface area (TPSA) is 137 Å². The average molecular weight is 338 g/mol. The van der Waals surface area contributed by atoms with Gasteiger partial charge < -0.3 is 26.9 Å². The molecule has 1 aromatic heterocycles. The molecule has 2 rings (SSSR count). The minimum Gasteiger partial charge on any atom is -0.465 e. The van der Waals surface area contributed by atoms with Crippen molar-refractivity contribution < 1.29 is 9.90 Å². The second-order valence-electron chi connectivity index (χ2n) is 5.14. The van der Waals surface area contributed by atoms with E-state index >= 15 is 0 Å². The normalized spacial score (nSPS) is 13.5. The Morgan fingerprint density at radius 2 is 1.83 bits per heavy atom. The van der Waals surface area contributed by atoms with E-state index in [4.69, 9.17) is 16.2 Å². The van der Waals surface area contributed by atoms with Crippen molar-refractivity contribution >= 4 is 23.4 Å². The quantitative estimate of drug-likeness (QED) is 0.537. The SMILES string of the molecule is CC.CC(=N)c1c(N)ncnc1NC1CCCCC1.CNC(=O)O. The Morgan fingerprint density at radius 1 is 1.29 bits per heavy atom. The summed E-state index contributed by atoms with van der Waals surface area (Å²) in [4.78, 5) is 17.4. The van der Waals surface area contributed by atoms with Crippen molar-refractivity contribution in [2.24, 2.45) is 0 Å². The Labute approximate surface area is 143 Å². The van der Waals surface area contributed by atoms with Gasteiger partial charge >= 0.3 is 6.09 Å². The molecule has 0 aromatic carbocycles. The van der Waals surface area contributed by atoms with E-state index in [9.17, 15) is 4.79 Å². The second-order valence-corrected chi connectivity index (χ2v) is 5.14. The highest BCUT2D eigenvalue weighted by atomic mass is 16.4. The molecule has 8 heteroatoms. The van der Waals surface area contributed by atoms with E-state index in [1.54, 1.807) is 6.92 Å².